The quantitative estimate of drug-likeness (QED) is 0.603. The minimum atomic E-state index is 0.326. The van der Waals surface area contributed by atoms with E-state index >= 15 is 0 Å². The molecule has 4 heteroatoms. The van der Waals surface area contributed by atoms with Gasteiger partial charge in [0.1, 0.15) is 0 Å². The van der Waals surface area contributed by atoms with Crippen LogP contribution in [0.5, 0.6) is 0 Å². The van der Waals surface area contributed by atoms with Crippen molar-refractivity contribution in [1.29, 1.82) is 0 Å². The predicted molar refractivity (Wildman–Crippen MR) is 74.7 cm³/mol. The van der Waals surface area contributed by atoms with Gasteiger partial charge >= 0.3 is 0 Å². The molecule has 1 aliphatic rings. The first-order chi connectivity index (χ1) is 8.77. The molecule has 1 saturated carbocycles. The number of methoxy groups -OCH3 is 2. The van der Waals surface area contributed by atoms with Gasteiger partial charge in [0.15, 0.2) is 0 Å². The molecule has 0 saturated heterocycles. The maximum absolute atomic E-state index is 6.34. The highest BCUT2D eigenvalue weighted by Gasteiger charge is 2.23. The monoisotopic (exact) mass is 258 g/mol. The lowest BCUT2D eigenvalue weighted by Crippen LogP contribution is -2.43. The second-order valence-electron chi connectivity index (χ2n) is 5.35. The fourth-order valence-corrected chi connectivity index (χ4v) is 2.78. The number of hydrogen-bond donors (Lipinski definition) is 1. The van der Waals surface area contributed by atoms with Crippen LogP contribution in [0.2, 0.25) is 0 Å². The Morgan fingerprint density at radius 1 is 1.11 bits per heavy atom. The molecule has 0 heterocycles. The van der Waals surface area contributed by atoms with Crippen molar-refractivity contribution in [2.24, 2.45) is 11.7 Å². The molecule has 1 atom stereocenters. The molecule has 108 valence electrons. The highest BCUT2D eigenvalue weighted by molar-refractivity contribution is 4.80. The molecule has 1 rings (SSSR count). The van der Waals surface area contributed by atoms with E-state index in [2.05, 4.69) is 4.90 Å². The van der Waals surface area contributed by atoms with Crippen molar-refractivity contribution in [3.8, 4) is 0 Å². The van der Waals surface area contributed by atoms with Gasteiger partial charge in [-0.25, -0.2) is 0 Å². The van der Waals surface area contributed by atoms with E-state index in [1.807, 2.05) is 0 Å². The Balaban J connectivity index is 2.28. The Labute approximate surface area is 112 Å². The van der Waals surface area contributed by atoms with E-state index in [0.29, 0.717) is 6.04 Å². The lowest BCUT2D eigenvalue weighted by atomic mass is 9.98. The van der Waals surface area contributed by atoms with Crippen LogP contribution in [0, 0.1) is 5.92 Å². The van der Waals surface area contributed by atoms with Crippen molar-refractivity contribution in [3.05, 3.63) is 0 Å². The van der Waals surface area contributed by atoms with Gasteiger partial charge < -0.3 is 15.2 Å². The molecule has 0 spiro atoms. The van der Waals surface area contributed by atoms with E-state index < -0.39 is 0 Å². The van der Waals surface area contributed by atoms with Gasteiger partial charge in [0.2, 0.25) is 0 Å². The first kappa shape index (κ1) is 15.9. The van der Waals surface area contributed by atoms with E-state index in [1.165, 1.54) is 25.7 Å². The fourth-order valence-electron chi connectivity index (χ4n) is 2.78. The summed E-state index contributed by atoms with van der Waals surface area (Å²) < 4.78 is 10.3. The third kappa shape index (κ3) is 6.14. The first-order valence-corrected chi connectivity index (χ1v) is 7.23. The molecule has 4 nitrogen and oxygen atoms in total. The zero-order valence-electron chi connectivity index (χ0n) is 12.1. The lowest BCUT2D eigenvalue weighted by molar-refractivity contribution is 0.124. The van der Waals surface area contributed by atoms with Crippen molar-refractivity contribution in [2.45, 2.75) is 38.1 Å². The number of rotatable bonds is 10. The third-order valence-corrected chi connectivity index (χ3v) is 3.91. The van der Waals surface area contributed by atoms with Crippen LogP contribution in [-0.4, -0.2) is 58.0 Å². The summed E-state index contributed by atoms with van der Waals surface area (Å²) in [5.41, 5.74) is 6.34. The number of hydrogen-bond acceptors (Lipinski definition) is 4. The smallest absolute Gasteiger partial charge is 0.0589 e. The molecule has 0 bridgehead atoms. The van der Waals surface area contributed by atoms with Crippen molar-refractivity contribution in [3.63, 3.8) is 0 Å². The fraction of sp³-hybridized carbons (Fsp3) is 1.00. The lowest BCUT2D eigenvalue weighted by Gasteiger charge is -2.28. The molecular formula is C14H30N2O2. The summed E-state index contributed by atoms with van der Waals surface area (Å²) >= 11 is 0. The number of nitrogens with zero attached hydrogens (tertiary/aromatic N) is 1. The van der Waals surface area contributed by atoms with Gasteiger partial charge in [-0.1, -0.05) is 12.8 Å². The summed E-state index contributed by atoms with van der Waals surface area (Å²) in [6.45, 7) is 4.63. The van der Waals surface area contributed by atoms with Crippen LogP contribution in [0.15, 0.2) is 0 Å². The third-order valence-electron chi connectivity index (χ3n) is 3.91. The van der Waals surface area contributed by atoms with Gasteiger partial charge in [0.25, 0.3) is 0 Å². The summed E-state index contributed by atoms with van der Waals surface area (Å²) in [5, 5.41) is 0. The Morgan fingerprint density at radius 2 is 1.78 bits per heavy atom. The average molecular weight is 258 g/mol. The van der Waals surface area contributed by atoms with Gasteiger partial charge in [-0.05, 0) is 25.2 Å². The molecule has 0 aliphatic heterocycles. The van der Waals surface area contributed by atoms with Gasteiger partial charge in [-0.15, -0.1) is 0 Å². The van der Waals surface area contributed by atoms with Gasteiger partial charge in [0, 0.05) is 46.5 Å². The topological polar surface area (TPSA) is 47.7 Å². The molecule has 0 aromatic rings. The molecule has 0 amide bonds. The van der Waals surface area contributed by atoms with E-state index in [-0.39, 0.29) is 0 Å². The molecular weight excluding hydrogens is 228 g/mol. The van der Waals surface area contributed by atoms with Gasteiger partial charge in [0.05, 0.1) is 6.61 Å². The highest BCUT2D eigenvalue weighted by atomic mass is 16.5. The van der Waals surface area contributed by atoms with E-state index in [1.54, 1.807) is 14.2 Å². The summed E-state index contributed by atoms with van der Waals surface area (Å²) in [6, 6.07) is 0.326. The van der Waals surface area contributed by atoms with Crippen LogP contribution in [0.4, 0.5) is 0 Å². The van der Waals surface area contributed by atoms with Crippen molar-refractivity contribution in [2.75, 3.05) is 47.1 Å². The summed E-state index contributed by atoms with van der Waals surface area (Å²) in [5.74, 6) is 0.734. The highest BCUT2D eigenvalue weighted by Crippen LogP contribution is 2.27. The Hall–Kier alpha value is -0.160. The summed E-state index contributed by atoms with van der Waals surface area (Å²) in [7, 11) is 3.51. The molecule has 1 unspecified atom stereocenters. The molecule has 0 aromatic heterocycles. The number of ether oxygens (including phenoxy) is 2. The van der Waals surface area contributed by atoms with Crippen LogP contribution in [0.3, 0.4) is 0 Å². The summed E-state index contributed by atoms with van der Waals surface area (Å²) in [6.07, 6.45) is 6.42. The van der Waals surface area contributed by atoms with Crippen LogP contribution in [0.25, 0.3) is 0 Å². The number of nitrogens with two attached hydrogens (primary N) is 1. The standard InChI is InChI=1S/C14H30N2O2/c1-17-10-5-8-16(9-11-18-2)12-14(15)13-6-3-4-7-13/h13-14H,3-12,15H2,1-2H3. The van der Waals surface area contributed by atoms with Crippen LogP contribution < -0.4 is 5.73 Å². The molecule has 18 heavy (non-hydrogen) atoms. The average Bonchev–Trinajstić information content (AvgIpc) is 2.89. The minimum absolute atomic E-state index is 0.326. The zero-order chi connectivity index (χ0) is 13.2. The van der Waals surface area contributed by atoms with E-state index in [0.717, 1.165) is 45.2 Å². The first-order valence-electron chi connectivity index (χ1n) is 7.23. The van der Waals surface area contributed by atoms with E-state index in [4.69, 9.17) is 15.2 Å². The van der Waals surface area contributed by atoms with Crippen LogP contribution in [0.1, 0.15) is 32.1 Å². The van der Waals surface area contributed by atoms with Crippen molar-refractivity contribution < 1.29 is 9.47 Å². The second kappa shape index (κ2) is 9.73. The van der Waals surface area contributed by atoms with Crippen LogP contribution in [-0.2, 0) is 9.47 Å². The van der Waals surface area contributed by atoms with Crippen molar-refractivity contribution in [1.82, 2.24) is 4.90 Å². The normalized spacial score (nSPS) is 18.7. The Bertz CT molecular complexity index is 196. The zero-order valence-corrected chi connectivity index (χ0v) is 12.1. The molecule has 1 fully saturated rings. The molecule has 0 aromatic carbocycles. The molecule has 0 radical (unpaired) electrons. The Morgan fingerprint density at radius 3 is 2.39 bits per heavy atom. The van der Waals surface area contributed by atoms with Gasteiger partial charge in [-0.2, -0.15) is 0 Å². The van der Waals surface area contributed by atoms with E-state index in [9.17, 15) is 0 Å². The minimum Gasteiger partial charge on any atom is -0.385 e. The predicted octanol–water partition coefficient (Wildman–Crippen LogP) is 1.49. The maximum atomic E-state index is 6.34. The Kier molecular flexibility index (Phi) is 8.59. The maximum Gasteiger partial charge on any atom is 0.0589 e. The largest absolute Gasteiger partial charge is 0.385 e. The molecule has 2 N–H and O–H groups in total. The summed E-state index contributed by atoms with van der Waals surface area (Å²) in [4.78, 5) is 2.42. The van der Waals surface area contributed by atoms with Crippen LogP contribution >= 0.6 is 0 Å². The molecule has 1 aliphatic carbocycles. The van der Waals surface area contributed by atoms with Gasteiger partial charge in [-0.3, -0.25) is 4.90 Å². The second-order valence-corrected chi connectivity index (χ2v) is 5.35. The van der Waals surface area contributed by atoms with Crippen molar-refractivity contribution >= 4 is 0 Å². The SMILES string of the molecule is COCCCN(CCOC)CC(N)C1CCCC1.